The molecule has 1 N–H and O–H groups in total. The molecular weight excluding hydrogens is 361 g/mol. The second-order valence-electron chi connectivity index (χ2n) is 4.32. The lowest BCUT2D eigenvalue weighted by Gasteiger charge is -2.11. The summed E-state index contributed by atoms with van der Waals surface area (Å²) in [6.45, 7) is 1.16. The third-order valence-corrected chi connectivity index (χ3v) is 3.92. The average Bonchev–Trinajstić information content (AvgIpc) is 2.40. The van der Waals surface area contributed by atoms with Gasteiger partial charge in [0.15, 0.2) is 0 Å². The fourth-order valence-corrected chi connectivity index (χ4v) is 2.76. The minimum Gasteiger partial charge on any atom is -0.487 e. The summed E-state index contributed by atoms with van der Waals surface area (Å²) >= 11 is 15.7. The third kappa shape index (κ3) is 4.13. The van der Waals surface area contributed by atoms with Gasteiger partial charge in [0, 0.05) is 21.6 Å². The molecule has 2 nitrogen and oxygen atoms in total. The first kappa shape index (κ1) is 15.6. The molecule has 2 rings (SSSR count). The second-order valence-corrected chi connectivity index (χ2v) is 6.05. The van der Waals surface area contributed by atoms with Gasteiger partial charge in [-0.3, -0.25) is 0 Å². The highest BCUT2D eigenvalue weighted by Gasteiger charge is 2.06. The SMILES string of the molecule is CNCc1ccc(OCc2ccc(Br)cc2Cl)c(Cl)c1. The van der Waals surface area contributed by atoms with Crippen LogP contribution in [0, 0.1) is 0 Å². The van der Waals surface area contributed by atoms with E-state index >= 15 is 0 Å². The lowest BCUT2D eigenvalue weighted by molar-refractivity contribution is 0.306. The van der Waals surface area contributed by atoms with Crippen molar-refractivity contribution in [3.8, 4) is 5.75 Å². The van der Waals surface area contributed by atoms with E-state index in [4.69, 9.17) is 27.9 Å². The first-order valence-corrected chi connectivity index (χ1v) is 7.65. The summed E-state index contributed by atoms with van der Waals surface area (Å²) in [6, 6.07) is 11.5. The fourth-order valence-electron chi connectivity index (χ4n) is 1.77. The summed E-state index contributed by atoms with van der Waals surface area (Å²) in [5.74, 6) is 0.658. The molecule has 106 valence electrons. The Morgan fingerprint density at radius 3 is 2.55 bits per heavy atom. The van der Waals surface area contributed by atoms with E-state index in [9.17, 15) is 0 Å². The first-order chi connectivity index (χ1) is 9.60. The number of halogens is 3. The van der Waals surface area contributed by atoms with Crippen LogP contribution in [0.1, 0.15) is 11.1 Å². The van der Waals surface area contributed by atoms with Crippen LogP contribution in [0.2, 0.25) is 10.0 Å². The first-order valence-electron chi connectivity index (χ1n) is 6.10. The van der Waals surface area contributed by atoms with Crippen LogP contribution in [0.25, 0.3) is 0 Å². The van der Waals surface area contributed by atoms with Crippen LogP contribution in [0.4, 0.5) is 0 Å². The molecule has 0 aromatic heterocycles. The van der Waals surface area contributed by atoms with E-state index in [2.05, 4.69) is 21.2 Å². The molecule has 5 heteroatoms. The largest absolute Gasteiger partial charge is 0.487 e. The number of nitrogens with one attached hydrogen (secondary N) is 1. The van der Waals surface area contributed by atoms with Crippen LogP contribution >= 0.6 is 39.1 Å². The van der Waals surface area contributed by atoms with Crippen molar-refractivity contribution in [1.29, 1.82) is 0 Å². The van der Waals surface area contributed by atoms with Crippen molar-refractivity contribution in [3.05, 3.63) is 62.0 Å². The van der Waals surface area contributed by atoms with Gasteiger partial charge in [-0.15, -0.1) is 0 Å². The molecule has 0 aliphatic rings. The van der Waals surface area contributed by atoms with Gasteiger partial charge in [0.25, 0.3) is 0 Å². The van der Waals surface area contributed by atoms with Gasteiger partial charge in [-0.2, -0.15) is 0 Å². The number of rotatable bonds is 5. The van der Waals surface area contributed by atoms with Crippen molar-refractivity contribution < 1.29 is 4.74 Å². The Bertz CT molecular complexity index is 604. The Kier molecular flexibility index (Phi) is 5.73. The zero-order valence-corrected chi connectivity index (χ0v) is 14.0. The molecule has 0 radical (unpaired) electrons. The van der Waals surface area contributed by atoms with Crippen LogP contribution < -0.4 is 10.1 Å². The van der Waals surface area contributed by atoms with Crippen molar-refractivity contribution in [3.63, 3.8) is 0 Å². The number of hydrogen-bond acceptors (Lipinski definition) is 2. The van der Waals surface area contributed by atoms with Crippen molar-refractivity contribution in [2.24, 2.45) is 0 Å². The predicted octanol–water partition coefficient (Wildman–Crippen LogP) is 5.05. The number of benzene rings is 2. The van der Waals surface area contributed by atoms with Crippen molar-refractivity contribution in [2.45, 2.75) is 13.2 Å². The Labute approximate surface area is 137 Å². The molecule has 2 aromatic carbocycles. The van der Waals surface area contributed by atoms with Crippen LogP contribution in [0.3, 0.4) is 0 Å². The van der Waals surface area contributed by atoms with Gasteiger partial charge in [-0.05, 0) is 36.9 Å². The van der Waals surface area contributed by atoms with Crippen molar-refractivity contribution in [2.75, 3.05) is 7.05 Å². The second kappa shape index (κ2) is 7.32. The molecule has 0 amide bonds. The normalized spacial score (nSPS) is 10.6. The van der Waals surface area contributed by atoms with Gasteiger partial charge in [-0.1, -0.05) is 51.3 Å². The quantitative estimate of drug-likeness (QED) is 0.790. The zero-order chi connectivity index (χ0) is 14.5. The van der Waals surface area contributed by atoms with E-state index in [1.54, 1.807) is 0 Å². The van der Waals surface area contributed by atoms with Crippen molar-refractivity contribution in [1.82, 2.24) is 5.32 Å². The van der Waals surface area contributed by atoms with Crippen LogP contribution in [-0.2, 0) is 13.2 Å². The van der Waals surface area contributed by atoms with E-state index in [1.807, 2.05) is 43.4 Å². The molecule has 20 heavy (non-hydrogen) atoms. The Morgan fingerprint density at radius 2 is 1.90 bits per heavy atom. The standard InChI is InChI=1S/C15H14BrCl2NO/c1-19-8-10-2-5-15(14(18)6-10)20-9-11-3-4-12(16)7-13(11)17/h2-7,19H,8-9H2,1H3. The van der Waals surface area contributed by atoms with Gasteiger partial charge in [0.05, 0.1) is 5.02 Å². The molecule has 0 saturated carbocycles. The fraction of sp³-hybridized carbons (Fsp3) is 0.200. The number of ether oxygens (including phenoxy) is 1. The summed E-state index contributed by atoms with van der Waals surface area (Å²) in [5, 5.41) is 4.35. The minimum absolute atomic E-state index is 0.386. The molecule has 0 fully saturated rings. The van der Waals surface area contributed by atoms with Gasteiger partial charge in [-0.25, -0.2) is 0 Å². The maximum Gasteiger partial charge on any atom is 0.138 e. The Balaban J connectivity index is 2.07. The molecule has 0 spiro atoms. The van der Waals surface area contributed by atoms with Crippen LogP contribution in [-0.4, -0.2) is 7.05 Å². The van der Waals surface area contributed by atoms with E-state index < -0.39 is 0 Å². The van der Waals surface area contributed by atoms with Gasteiger partial charge in [0.1, 0.15) is 12.4 Å². The molecule has 0 aliphatic carbocycles. The maximum atomic E-state index is 6.20. The Hall–Kier alpha value is -0.740. The highest BCUT2D eigenvalue weighted by Crippen LogP contribution is 2.28. The van der Waals surface area contributed by atoms with E-state index in [0.717, 1.165) is 22.1 Å². The van der Waals surface area contributed by atoms with Gasteiger partial charge in [0.2, 0.25) is 0 Å². The molecule has 0 heterocycles. The lowest BCUT2D eigenvalue weighted by atomic mass is 10.2. The lowest BCUT2D eigenvalue weighted by Crippen LogP contribution is -2.05. The average molecular weight is 375 g/mol. The summed E-state index contributed by atoms with van der Waals surface area (Å²) in [7, 11) is 1.90. The molecule has 2 aromatic rings. The van der Waals surface area contributed by atoms with Gasteiger partial charge >= 0.3 is 0 Å². The van der Waals surface area contributed by atoms with E-state index in [0.29, 0.717) is 22.4 Å². The summed E-state index contributed by atoms with van der Waals surface area (Å²) < 4.78 is 6.67. The molecule has 0 bridgehead atoms. The molecule has 0 atom stereocenters. The highest BCUT2D eigenvalue weighted by atomic mass is 79.9. The topological polar surface area (TPSA) is 21.3 Å². The van der Waals surface area contributed by atoms with E-state index in [-0.39, 0.29) is 0 Å². The monoisotopic (exact) mass is 373 g/mol. The van der Waals surface area contributed by atoms with Crippen LogP contribution in [0.15, 0.2) is 40.9 Å². The molecule has 0 saturated heterocycles. The van der Waals surface area contributed by atoms with E-state index in [1.165, 1.54) is 0 Å². The molecule has 0 aliphatic heterocycles. The minimum atomic E-state index is 0.386. The third-order valence-electron chi connectivity index (χ3n) is 2.78. The van der Waals surface area contributed by atoms with Crippen molar-refractivity contribution >= 4 is 39.1 Å². The molecule has 0 unspecified atom stereocenters. The Morgan fingerprint density at radius 1 is 1.10 bits per heavy atom. The zero-order valence-electron chi connectivity index (χ0n) is 10.9. The molecular formula is C15H14BrCl2NO. The highest BCUT2D eigenvalue weighted by molar-refractivity contribution is 9.10. The summed E-state index contributed by atoms with van der Waals surface area (Å²) in [4.78, 5) is 0. The van der Waals surface area contributed by atoms with Crippen LogP contribution in [0.5, 0.6) is 5.75 Å². The smallest absolute Gasteiger partial charge is 0.138 e. The van der Waals surface area contributed by atoms with Gasteiger partial charge < -0.3 is 10.1 Å². The maximum absolute atomic E-state index is 6.20. The number of hydrogen-bond donors (Lipinski definition) is 1. The summed E-state index contributed by atoms with van der Waals surface area (Å²) in [6.07, 6.45) is 0. The summed E-state index contributed by atoms with van der Waals surface area (Å²) in [5.41, 5.74) is 2.04. The predicted molar refractivity (Wildman–Crippen MR) is 87.7 cm³/mol.